The van der Waals surface area contributed by atoms with Gasteiger partial charge in [0.05, 0.1) is 23.6 Å². The van der Waals surface area contributed by atoms with Crippen LogP contribution in [0.25, 0.3) is 17.3 Å². The number of fused-ring (bicyclic) bond motifs is 3. The molecule has 2 aromatic carbocycles. The van der Waals surface area contributed by atoms with E-state index >= 15 is 0 Å². The largest absolute Gasteiger partial charge is 0.332 e. The van der Waals surface area contributed by atoms with Gasteiger partial charge in [-0.1, -0.05) is 58.3 Å². The third kappa shape index (κ3) is 2.79. The van der Waals surface area contributed by atoms with Gasteiger partial charge in [-0.15, -0.1) is 0 Å². The van der Waals surface area contributed by atoms with Crippen LogP contribution in [-0.2, 0) is 13.0 Å². The maximum absolute atomic E-state index is 5.43. The van der Waals surface area contributed by atoms with Crippen LogP contribution in [0.1, 0.15) is 29.6 Å². The van der Waals surface area contributed by atoms with E-state index in [9.17, 15) is 0 Å². The summed E-state index contributed by atoms with van der Waals surface area (Å²) in [6.07, 6.45) is 2.52. The van der Waals surface area contributed by atoms with Crippen LogP contribution in [0, 0.1) is 0 Å². The summed E-state index contributed by atoms with van der Waals surface area (Å²) in [5.41, 5.74) is 5.70. The molecule has 0 unspecified atom stereocenters. The second-order valence-electron chi connectivity index (χ2n) is 6.47. The van der Waals surface area contributed by atoms with E-state index in [-0.39, 0.29) is 0 Å². The van der Waals surface area contributed by atoms with Crippen molar-refractivity contribution in [1.82, 2.24) is 19.7 Å². The quantitative estimate of drug-likeness (QED) is 0.473. The zero-order valence-electron chi connectivity index (χ0n) is 15.1. The molecular weight excluding hydrogens is 418 g/mol. The van der Waals surface area contributed by atoms with Crippen molar-refractivity contribution in [1.29, 1.82) is 0 Å². The van der Waals surface area contributed by atoms with Crippen LogP contribution in [0.15, 0.2) is 68.8 Å². The minimum atomic E-state index is 0.433. The Morgan fingerprint density at radius 2 is 2.00 bits per heavy atom. The number of hydrogen-bond donors (Lipinski definition) is 0. The van der Waals surface area contributed by atoms with E-state index in [1.54, 1.807) is 6.33 Å². The first-order chi connectivity index (χ1) is 13.7. The molecule has 6 nitrogen and oxygen atoms in total. The van der Waals surface area contributed by atoms with Gasteiger partial charge in [-0.3, -0.25) is 9.56 Å². The topological polar surface area (TPSA) is 69.1 Å². The number of benzene rings is 2. The van der Waals surface area contributed by atoms with Crippen LogP contribution < -0.4 is 0 Å². The molecule has 4 aromatic rings. The zero-order chi connectivity index (χ0) is 19.1. The lowest BCUT2D eigenvalue weighted by Crippen LogP contribution is -2.06. The van der Waals surface area contributed by atoms with Crippen LogP contribution in [0.4, 0.5) is 0 Å². The van der Waals surface area contributed by atoms with Crippen LogP contribution in [-0.4, -0.2) is 25.4 Å². The maximum Gasteiger partial charge on any atom is 0.278 e. The fraction of sp³-hybridized carbons (Fsp3) is 0.143. The van der Waals surface area contributed by atoms with Crippen molar-refractivity contribution in [2.45, 2.75) is 19.9 Å². The molecule has 0 amide bonds. The highest BCUT2D eigenvalue weighted by Crippen LogP contribution is 2.31. The lowest BCUT2D eigenvalue weighted by molar-refractivity contribution is 0.422. The van der Waals surface area contributed by atoms with Crippen molar-refractivity contribution in [2.24, 2.45) is 4.99 Å². The molecule has 5 rings (SSSR count). The summed E-state index contributed by atoms with van der Waals surface area (Å²) in [5.74, 6) is 1.10. The van der Waals surface area contributed by atoms with E-state index in [1.807, 2.05) is 31.2 Å². The summed E-state index contributed by atoms with van der Waals surface area (Å²) >= 11 is 3.60. The number of aromatic nitrogens is 4. The highest BCUT2D eigenvalue weighted by Gasteiger charge is 2.24. The molecule has 1 aliphatic heterocycles. The Morgan fingerprint density at radius 1 is 1.14 bits per heavy atom. The number of rotatable bonds is 3. The molecule has 0 saturated heterocycles. The molecule has 28 heavy (non-hydrogen) atoms. The van der Waals surface area contributed by atoms with E-state index in [0.29, 0.717) is 30.4 Å². The lowest BCUT2D eigenvalue weighted by atomic mass is 10.0. The molecule has 0 N–H and O–H groups in total. The summed E-state index contributed by atoms with van der Waals surface area (Å²) in [7, 11) is 0. The van der Waals surface area contributed by atoms with Gasteiger partial charge in [0.1, 0.15) is 6.33 Å². The first-order valence-electron chi connectivity index (χ1n) is 9.04. The molecule has 3 heterocycles. The summed E-state index contributed by atoms with van der Waals surface area (Å²) in [5, 5.41) is 4.00. The van der Waals surface area contributed by atoms with Crippen LogP contribution in [0.3, 0.4) is 0 Å². The molecule has 0 aliphatic carbocycles. The molecule has 7 heteroatoms. The average molecular weight is 434 g/mol. The minimum absolute atomic E-state index is 0.433. The molecule has 0 spiro atoms. The molecule has 0 bridgehead atoms. The van der Waals surface area contributed by atoms with Crippen molar-refractivity contribution in [3.8, 4) is 17.3 Å². The van der Waals surface area contributed by atoms with Gasteiger partial charge < -0.3 is 4.52 Å². The van der Waals surface area contributed by atoms with Crippen molar-refractivity contribution in [3.63, 3.8) is 0 Å². The lowest BCUT2D eigenvalue weighted by Gasteiger charge is -2.12. The zero-order valence-corrected chi connectivity index (χ0v) is 16.7. The second-order valence-corrected chi connectivity index (χ2v) is 7.39. The summed E-state index contributed by atoms with van der Waals surface area (Å²) in [6.45, 7) is 2.46. The summed E-state index contributed by atoms with van der Waals surface area (Å²) in [6, 6.07) is 16.4. The van der Waals surface area contributed by atoms with E-state index in [4.69, 9.17) is 9.52 Å². The van der Waals surface area contributed by atoms with E-state index in [1.165, 1.54) is 0 Å². The van der Waals surface area contributed by atoms with Gasteiger partial charge in [-0.2, -0.15) is 4.98 Å². The first kappa shape index (κ1) is 17.1. The Hall–Kier alpha value is -3.06. The minimum Gasteiger partial charge on any atom is -0.332 e. The molecular formula is C21H16BrN5O. The maximum atomic E-state index is 5.43. The monoisotopic (exact) mass is 433 g/mol. The Bertz CT molecular complexity index is 1190. The van der Waals surface area contributed by atoms with Gasteiger partial charge >= 0.3 is 0 Å². The number of nitrogens with zero attached hydrogens (tertiary/aromatic N) is 5. The van der Waals surface area contributed by atoms with Crippen LogP contribution >= 0.6 is 15.9 Å². The van der Waals surface area contributed by atoms with Gasteiger partial charge in [-0.05, 0) is 18.2 Å². The number of halogens is 1. The third-order valence-electron chi connectivity index (χ3n) is 4.76. The van der Waals surface area contributed by atoms with Gasteiger partial charge in [0.25, 0.3) is 5.89 Å². The molecule has 2 aromatic heterocycles. The van der Waals surface area contributed by atoms with Gasteiger partial charge in [0.2, 0.25) is 0 Å². The standard InChI is InChI=1S/C21H16BrN5O/c1-2-18-25-21(28-26-18)20-17-11-23-19(13-6-4-3-5-7-13)15-10-14(22)8-9-16(15)27(17)12-24-20/h3-10,12H,2,11H2,1H3. The van der Waals surface area contributed by atoms with Gasteiger partial charge in [-0.25, -0.2) is 4.98 Å². The fourth-order valence-electron chi connectivity index (χ4n) is 3.39. The molecule has 0 saturated carbocycles. The number of imidazole rings is 1. The highest BCUT2D eigenvalue weighted by atomic mass is 79.9. The molecule has 138 valence electrons. The Kier molecular flexibility index (Phi) is 4.16. The summed E-state index contributed by atoms with van der Waals surface area (Å²) < 4.78 is 8.50. The van der Waals surface area contributed by atoms with E-state index in [0.717, 1.165) is 32.7 Å². The van der Waals surface area contributed by atoms with E-state index in [2.05, 4.69) is 59.9 Å². The van der Waals surface area contributed by atoms with E-state index < -0.39 is 0 Å². The van der Waals surface area contributed by atoms with Crippen molar-refractivity contribution >= 4 is 21.6 Å². The third-order valence-corrected chi connectivity index (χ3v) is 5.25. The number of aliphatic imine (C=N–C) groups is 1. The van der Waals surface area contributed by atoms with Crippen LogP contribution in [0.5, 0.6) is 0 Å². The Labute approximate surface area is 170 Å². The van der Waals surface area contributed by atoms with Gasteiger partial charge in [0, 0.05) is 22.0 Å². The normalized spacial score (nSPS) is 12.9. The highest BCUT2D eigenvalue weighted by molar-refractivity contribution is 9.10. The Morgan fingerprint density at radius 3 is 2.79 bits per heavy atom. The van der Waals surface area contributed by atoms with Crippen molar-refractivity contribution < 1.29 is 4.52 Å². The second kappa shape index (κ2) is 6.83. The molecule has 0 radical (unpaired) electrons. The molecule has 1 aliphatic rings. The first-order valence-corrected chi connectivity index (χ1v) is 9.83. The predicted molar refractivity (Wildman–Crippen MR) is 110 cm³/mol. The van der Waals surface area contributed by atoms with Crippen LogP contribution in [0.2, 0.25) is 0 Å². The molecule has 0 atom stereocenters. The molecule has 0 fully saturated rings. The van der Waals surface area contributed by atoms with Crippen molar-refractivity contribution in [3.05, 3.63) is 82.0 Å². The van der Waals surface area contributed by atoms with Crippen molar-refractivity contribution in [2.75, 3.05) is 0 Å². The SMILES string of the molecule is CCc1noc(-c2ncn3c2CN=C(c2ccccc2)c2cc(Br)ccc2-3)n1. The van der Waals surface area contributed by atoms with Gasteiger partial charge in [0.15, 0.2) is 11.5 Å². The smallest absolute Gasteiger partial charge is 0.278 e. The average Bonchev–Trinajstić information content (AvgIpc) is 3.33. The summed E-state index contributed by atoms with van der Waals surface area (Å²) in [4.78, 5) is 14.0. The number of aryl methyl sites for hydroxylation is 1. The predicted octanol–water partition coefficient (Wildman–Crippen LogP) is 4.60. The fourth-order valence-corrected chi connectivity index (χ4v) is 3.76. The Balaban J connectivity index is 1.71. The number of hydrogen-bond acceptors (Lipinski definition) is 5.